The first-order chi connectivity index (χ1) is 12.5. The molecule has 0 saturated heterocycles. The monoisotopic (exact) mass is 351 g/mol. The molecule has 3 rings (SSSR count). The Bertz CT molecular complexity index is 887. The Balaban J connectivity index is 1.55. The molecule has 0 fully saturated rings. The van der Waals surface area contributed by atoms with E-state index in [0.29, 0.717) is 17.5 Å². The van der Waals surface area contributed by atoms with Gasteiger partial charge in [-0.3, -0.25) is 4.79 Å². The third-order valence-corrected chi connectivity index (χ3v) is 3.86. The van der Waals surface area contributed by atoms with Gasteiger partial charge in [-0.2, -0.15) is 4.98 Å². The number of aryl methyl sites for hydroxylation is 2. The predicted molar refractivity (Wildman–Crippen MR) is 97.6 cm³/mol. The summed E-state index contributed by atoms with van der Waals surface area (Å²) in [6, 6.07) is 15.4. The number of aromatic nitrogens is 2. The minimum atomic E-state index is -0.628. The van der Waals surface area contributed by atoms with Crippen molar-refractivity contribution in [3.8, 4) is 17.1 Å². The number of benzene rings is 2. The van der Waals surface area contributed by atoms with Crippen LogP contribution in [0.1, 0.15) is 23.9 Å². The van der Waals surface area contributed by atoms with Crippen molar-refractivity contribution >= 4 is 5.91 Å². The van der Waals surface area contributed by atoms with Crippen LogP contribution in [0.25, 0.3) is 11.4 Å². The number of amides is 1. The molecule has 1 unspecified atom stereocenters. The molecule has 0 aliphatic heterocycles. The second kappa shape index (κ2) is 7.82. The van der Waals surface area contributed by atoms with Gasteiger partial charge in [0.05, 0.1) is 6.54 Å². The minimum Gasteiger partial charge on any atom is -0.481 e. The van der Waals surface area contributed by atoms with E-state index in [2.05, 4.69) is 15.5 Å². The highest BCUT2D eigenvalue weighted by atomic mass is 16.5. The molecule has 1 aromatic heterocycles. The minimum absolute atomic E-state index is 0.152. The van der Waals surface area contributed by atoms with Crippen LogP contribution in [-0.4, -0.2) is 22.2 Å². The molecule has 6 heteroatoms. The fourth-order valence-electron chi connectivity index (χ4n) is 2.40. The lowest BCUT2D eigenvalue weighted by atomic mass is 10.1. The first-order valence-electron chi connectivity index (χ1n) is 8.42. The van der Waals surface area contributed by atoms with Gasteiger partial charge in [0.15, 0.2) is 6.10 Å². The van der Waals surface area contributed by atoms with Gasteiger partial charge < -0.3 is 14.6 Å². The van der Waals surface area contributed by atoms with Gasteiger partial charge in [0.2, 0.25) is 11.7 Å². The summed E-state index contributed by atoms with van der Waals surface area (Å²) in [5.74, 6) is 1.25. The summed E-state index contributed by atoms with van der Waals surface area (Å²) in [7, 11) is 0. The molecule has 1 amide bonds. The molecule has 0 radical (unpaired) electrons. The van der Waals surface area contributed by atoms with Crippen molar-refractivity contribution in [3.63, 3.8) is 0 Å². The number of rotatable bonds is 6. The van der Waals surface area contributed by atoms with Crippen LogP contribution in [0, 0.1) is 13.8 Å². The Morgan fingerprint density at radius 3 is 2.65 bits per heavy atom. The average Bonchev–Trinajstić information content (AvgIpc) is 3.09. The van der Waals surface area contributed by atoms with Gasteiger partial charge in [0, 0.05) is 5.56 Å². The molecule has 1 atom stereocenters. The van der Waals surface area contributed by atoms with Crippen LogP contribution in [0.2, 0.25) is 0 Å². The summed E-state index contributed by atoms with van der Waals surface area (Å²) >= 11 is 0. The molecule has 1 N–H and O–H groups in total. The standard InChI is InChI=1S/C20H21N3O3/c1-13-7-9-16(10-8-13)19-22-18(26-23-19)12-21-20(24)15(3)25-17-6-4-5-14(2)11-17/h4-11,15H,12H2,1-3H3,(H,21,24). The van der Waals surface area contributed by atoms with Crippen LogP contribution in [0.4, 0.5) is 0 Å². The molecule has 6 nitrogen and oxygen atoms in total. The Morgan fingerprint density at radius 1 is 1.15 bits per heavy atom. The fourth-order valence-corrected chi connectivity index (χ4v) is 2.40. The second-order valence-electron chi connectivity index (χ2n) is 6.17. The molecular weight excluding hydrogens is 330 g/mol. The number of hydrogen-bond acceptors (Lipinski definition) is 5. The largest absolute Gasteiger partial charge is 0.481 e. The van der Waals surface area contributed by atoms with Crippen molar-refractivity contribution in [2.75, 3.05) is 0 Å². The summed E-state index contributed by atoms with van der Waals surface area (Å²) in [6.45, 7) is 5.84. The predicted octanol–water partition coefficient (Wildman–Crippen LogP) is 3.44. The van der Waals surface area contributed by atoms with Crippen LogP contribution in [-0.2, 0) is 11.3 Å². The third kappa shape index (κ3) is 4.47. The number of ether oxygens (including phenoxy) is 1. The maximum atomic E-state index is 12.2. The number of nitrogens with one attached hydrogen (secondary N) is 1. The van der Waals surface area contributed by atoms with Gasteiger partial charge in [0.1, 0.15) is 5.75 Å². The smallest absolute Gasteiger partial charge is 0.261 e. The van der Waals surface area contributed by atoms with Gasteiger partial charge in [-0.25, -0.2) is 0 Å². The van der Waals surface area contributed by atoms with Gasteiger partial charge in [-0.05, 0) is 38.5 Å². The van der Waals surface area contributed by atoms with E-state index in [9.17, 15) is 4.79 Å². The Hall–Kier alpha value is -3.15. The second-order valence-corrected chi connectivity index (χ2v) is 6.17. The summed E-state index contributed by atoms with van der Waals surface area (Å²) in [4.78, 5) is 16.5. The molecule has 3 aromatic rings. The van der Waals surface area contributed by atoms with Crippen LogP contribution in [0.5, 0.6) is 5.75 Å². The third-order valence-electron chi connectivity index (χ3n) is 3.86. The van der Waals surface area contributed by atoms with E-state index in [1.165, 1.54) is 0 Å². The zero-order chi connectivity index (χ0) is 18.5. The molecule has 0 spiro atoms. The van der Waals surface area contributed by atoms with Crippen LogP contribution >= 0.6 is 0 Å². The summed E-state index contributed by atoms with van der Waals surface area (Å²) in [6.07, 6.45) is -0.628. The maximum Gasteiger partial charge on any atom is 0.261 e. The van der Waals surface area contributed by atoms with E-state index < -0.39 is 6.10 Å². The van der Waals surface area contributed by atoms with Crippen LogP contribution in [0.15, 0.2) is 53.1 Å². The highest BCUT2D eigenvalue weighted by Gasteiger charge is 2.16. The Labute approximate surface area is 152 Å². The van der Waals surface area contributed by atoms with E-state index in [1.807, 2.05) is 62.4 Å². The summed E-state index contributed by atoms with van der Waals surface area (Å²) in [5, 5.41) is 6.69. The first kappa shape index (κ1) is 17.7. The molecule has 1 heterocycles. The Morgan fingerprint density at radius 2 is 1.92 bits per heavy atom. The topological polar surface area (TPSA) is 77.2 Å². The zero-order valence-corrected chi connectivity index (χ0v) is 15.0. The van der Waals surface area contributed by atoms with Crippen molar-refractivity contribution < 1.29 is 14.1 Å². The lowest BCUT2D eigenvalue weighted by molar-refractivity contribution is -0.127. The molecule has 0 bridgehead atoms. The molecule has 0 aliphatic carbocycles. The lowest BCUT2D eigenvalue weighted by Crippen LogP contribution is -2.36. The van der Waals surface area contributed by atoms with E-state index >= 15 is 0 Å². The average molecular weight is 351 g/mol. The van der Waals surface area contributed by atoms with Crippen molar-refractivity contribution in [1.29, 1.82) is 0 Å². The van der Waals surface area contributed by atoms with E-state index in [4.69, 9.17) is 9.26 Å². The number of carbonyl (C=O) groups is 1. The van der Waals surface area contributed by atoms with Crippen molar-refractivity contribution in [3.05, 3.63) is 65.5 Å². The highest BCUT2D eigenvalue weighted by molar-refractivity contribution is 5.80. The lowest BCUT2D eigenvalue weighted by Gasteiger charge is -2.14. The molecule has 0 aliphatic rings. The Kier molecular flexibility index (Phi) is 5.31. The van der Waals surface area contributed by atoms with Gasteiger partial charge >= 0.3 is 0 Å². The van der Waals surface area contributed by atoms with Crippen molar-refractivity contribution in [2.45, 2.75) is 33.4 Å². The molecule has 2 aromatic carbocycles. The first-order valence-corrected chi connectivity index (χ1v) is 8.42. The van der Waals surface area contributed by atoms with E-state index in [1.54, 1.807) is 6.92 Å². The summed E-state index contributed by atoms with van der Waals surface area (Å²) in [5.41, 5.74) is 3.10. The van der Waals surface area contributed by atoms with E-state index in [0.717, 1.165) is 16.7 Å². The van der Waals surface area contributed by atoms with E-state index in [-0.39, 0.29) is 12.5 Å². The normalized spacial score (nSPS) is 11.8. The van der Waals surface area contributed by atoms with Gasteiger partial charge in [-0.15, -0.1) is 0 Å². The van der Waals surface area contributed by atoms with Crippen LogP contribution < -0.4 is 10.1 Å². The highest BCUT2D eigenvalue weighted by Crippen LogP contribution is 2.16. The number of carbonyl (C=O) groups excluding carboxylic acids is 1. The molecule has 0 saturated carbocycles. The quantitative estimate of drug-likeness (QED) is 0.736. The molecule has 134 valence electrons. The zero-order valence-electron chi connectivity index (χ0n) is 15.0. The maximum absolute atomic E-state index is 12.2. The van der Waals surface area contributed by atoms with Crippen molar-refractivity contribution in [2.24, 2.45) is 0 Å². The molecule has 26 heavy (non-hydrogen) atoms. The fraction of sp³-hybridized carbons (Fsp3) is 0.250. The van der Waals surface area contributed by atoms with Gasteiger partial charge in [-0.1, -0.05) is 47.1 Å². The number of hydrogen-bond donors (Lipinski definition) is 1. The number of nitrogens with zero attached hydrogens (tertiary/aromatic N) is 2. The van der Waals surface area contributed by atoms with Crippen molar-refractivity contribution in [1.82, 2.24) is 15.5 Å². The van der Waals surface area contributed by atoms with Crippen LogP contribution in [0.3, 0.4) is 0 Å². The molecular formula is C20H21N3O3. The summed E-state index contributed by atoms with van der Waals surface area (Å²) < 4.78 is 10.8. The van der Waals surface area contributed by atoms with Gasteiger partial charge in [0.25, 0.3) is 5.91 Å². The SMILES string of the molecule is Cc1ccc(-c2noc(CNC(=O)C(C)Oc3cccc(C)c3)n2)cc1.